The Balaban J connectivity index is 2.29. The van der Waals surface area contributed by atoms with Crippen molar-refractivity contribution in [3.05, 3.63) is 48.1 Å². The lowest BCUT2D eigenvalue weighted by Crippen LogP contribution is -1.78. The van der Waals surface area contributed by atoms with Gasteiger partial charge < -0.3 is 4.42 Å². The minimum atomic E-state index is -0.209. The van der Waals surface area contributed by atoms with Gasteiger partial charge in [0.05, 0.1) is 12.0 Å². The molecule has 0 N–H and O–H groups in total. The number of hydrogen-bond acceptors (Lipinski definition) is 2. The van der Waals surface area contributed by atoms with E-state index in [0.717, 1.165) is 11.1 Å². The molecule has 3 heteroatoms. The van der Waals surface area contributed by atoms with Crippen LogP contribution in [0, 0.1) is 0 Å². The largest absolute Gasteiger partial charge is 0.445 e. The standard InChI is InChI=1S/C12H10FNO/c1-9(13)8-10-2-4-11(5-3-10)12-14-6-7-15-12/h2-8H,1H3/b9-8-. The molecule has 2 nitrogen and oxygen atoms in total. The minimum absolute atomic E-state index is 0.209. The molecule has 1 heterocycles. The van der Waals surface area contributed by atoms with Gasteiger partial charge in [0.25, 0.3) is 0 Å². The maximum atomic E-state index is 12.6. The van der Waals surface area contributed by atoms with Crippen LogP contribution in [0.1, 0.15) is 12.5 Å². The quantitative estimate of drug-likeness (QED) is 0.744. The average molecular weight is 203 g/mol. The predicted octanol–water partition coefficient (Wildman–Crippen LogP) is 3.67. The van der Waals surface area contributed by atoms with Crippen molar-refractivity contribution in [3.63, 3.8) is 0 Å². The maximum Gasteiger partial charge on any atom is 0.225 e. The van der Waals surface area contributed by atoms with E-state index in [9.17, 15) is 4.39 Å². The number of halogens is 1. The van der Waals surface area contributed by atoms with E-state index in [-0.39, 0.29) is 5.83 Å². The molecule has 1 aromatic carbocycles. The lowest BCUT2D eigenvalue weighted by atomic mass is 10.1. The van der Waals surface area contributed by atoms with Crippen LogP contribution < -0.4 is 0 Å². The van der Waals surface area contributed by atoms with Crippen LogP contribution in [-0.4, -0.2) is 4.98 Å². The fraction of sp³-hybridized carbons (Fsp3) is 0.0833. The fourth-order valence-corrected chi connectivity index (χ4v) is 1.32. The molecule has 0 aliphatic heterocycles. The maximum absolute atomic E-state index is 12.6. The van der Waals surface area contributed by atoms with Crippen LogP contribution in [0.2, 0.25) is 0 Å². The van der Waals surface area contributed by atoms with Gasteiger partial charge in [0.15, 0.2) is 0 Å². The van der Waals surface area contributed by atoms with E-state index in [1.165, 1.54) is 19.3 Å². The first kappa shape index (κ1) is 9.65. The highest BCUT2D eigenvalue weighted by molar-refractivity contribution is 5.59. The third kappa shape index (κ3) is 2.31. The predicted molar refractivity (Wildman–Crippen MR) is 56.7 cm³/mol. The minimum Gasteiger partial charge on any atom is -0.445 e. The summed E-state index contributed by atoms with van der Waals surface area (Å²) in [6.45, 7) is 1.42. The monoisotopic (exact) mass is 203 g/mol. The second-order valence-corrected chi connectivity index (χ2v) is 3.19. The van der Waals surface area contributed by atoms with E-state index >= 15 is 0 Å². The molecule has 76 valence electrons. The molecule has 2 rings (SSSR count). The lowest BCUT2D eigenvalue weighted by molar-refractivity contribution is 0.574. The molecule has 0 aliphatic carbocycles. The van der Waals surface area contributed by atoms with Gasteiger partial charge in [0, 0.05) is 5.56 Å². The van der Waals surface area contributed by atoms with E-state index in [0.29, 0.717) is 5.89 Å². The molecule has 0 saturated carbocycles. The van der Waals surface area contributed by atoms with Crippen molar-refractivity contribution in [2.45, 2.75) is 6.92 Å². The summed E-state index contributed by atoms with van der Waals surface area (Å²) in [6.07, 6.45) is 4.59. The Kier molecular flexibility index (Phi) is 2.63. The molecule has 0 unspecified atom stereocenters. The molecule has 0 amide bonds. The molecule has 0 bridgehead atoms. The van der Waals surface area contributed by atoms with Gasteiger partial charge >= 0.3 is 0 Å². The first-order valence-electron chi connectivity index (χ1n) is 4.59. The SMILES string of the molecule is C/C(F)=C/c1ccc(-c2ncco2)cc1. The first-order chi connectivity index (χ1) is 7.25. The molecule has 15 heavy (non-hydrogen) atoms. The number of hydrogen-bond donors (Lipinski definition) is 0. The van der Waals surface area contributed by atoms with E-state index in [2.05, 4.69) is 4.98 Å². The molecule has 2 aromatic rings. The van der Waals surface area contributed by atoms with Gasteiger partial charge in [-0.1, -0.05) is 12.1 Å². The number of nitrogens with zero attached hydrogens (tertiary/aromatic N) is 1. The summed E-state index contributed by atoms with van der Waals surface area (Å²) >= 11 is 0. The molecule has 0 spiro atoms. The second-order valence-electron chi connectivity index (χ2n) is 3.19. The highest BCUT2D eigenvalue weighted by atomic mass is 19.1. The molecule has 1 aromatic heterocycles. The number of aromatic nitrogens is 1. The summed E-state index contributed by atoms with van der Waals surface area (Å²) in [5.41, 5.74) is 1.71. The summed E-state index contributed by atoms with van der Waals surface area (Å²) in [5.74, 6) is 0.362. The summed E-state index contributed by atoms with van der Waals surface area (Å²) in [6, 6.07) is 7.34. The normalized spacial score (nSPS) is 11.7. The second kappa shape index (κ2) is 4.09. The van der Waals surface area contributed by atoms with Crippen molar-refractivity contribution in [2.75, 3.05) is 0 Å². The van der Waals surface area contributed by atoms with Crippen molar-refractivity contribution < 1.29 is 8.81 Å². The Hall–Kier alpha value is -1.90. The Labute approximate surface area is 87.1 Å². The average Bonchev–Trinajstić information content (AvgIpc) is 2.71. The topological polar surface area (TPSA) is 26.0 Å². The zero-order chi connectivity index (χ0) is 10.7. The zero-order valence-electron chi connectivity index (χ0n) is 8.27. The number of rotatable bonds is 2. The first-order valence-corrected chi connectivity index (χ1v) is 4.59. The van der Waals surface area contributed by atoms with E-state index in [1.54, 1.807) is 6.20 Å². The highest BCUT2D eigenvalue weighted by Crippen LogP contribution is 2.18. The van der Waals surface area contributed by atoms with Crippen molar-refractivity contribution >= 4 is 6.08 Å². The van der Waals surface area contributed by atoms with Gasteiger partial charge in [-0.05, 0) is 30.7 Å². The van der Waals surface area contributed by atoms with Crippen molar-refractivity contribution in [1.29, 1.82) is 0 Å². The smallest absolute Gasteiger partial charge is 0.225 e. The van der Waals surface area contributed by atoms with E-state index in [1.807, 2.05) is 24.3 Å². The summed E-state index contributed by atoms with van der Waals surface area (Å²) in [4.78, 5) is 4.02. The van der Waals surface area contributed by atoms with Gasteiger partial charge in [-0.15, -0.1) is 0 Å². The van der Waals surface area contributed by atoms with Gasteiger partial charge in [0.2, 0.25) is 5.89 Å². The van der Waals surface area contributed by atoms with Crippen LogP contribution in [0.5, 0.6) is 0 Å². The number of allylic oxidation sites excluding steroid dienone is 1. The molecule has 0 saturated heterocycles. The summed E-state index contributed by atoms with van der Waals surface area (Å²) in [7, 11) is 0. The summed E-state index contributed by atoms with van der Waals surface area (Å²) < 4.78 is 17.7. The Morgan fingerprint density at radius 2 is 2.07 bits per heavy atom. The van der Waals surface area contributed by atoms with Gasteiger partial charge in [-0.25, -0.2) is 9.37 Å². The Bertz CT molecular complexity index is 453. The van der Waals surface area contributed by atoms with Gasteiger partial charge in [0.1, 0.15) is 6.26 Å². The Morgan fingerprint density at radius 3 is 2.60 bits per heavy atom. The zero-order valence-corrected chi connectivity index (χ0v) is 8.27. The molecular weight excluding hydrogens is 193 g/mol. The van der Waals surface area contributed by atoms with Gasteiger partial charge in [-0.2, -0.15) is 0 Å². The van der Waals surface area contributed by atoms with Crippen LogP contribution >= 0.6 is 0 Å². The van der Waals surface area contributed by atoms with Gasteiger partial charge in [-0.3, -0.25) is 0 Å². The van der Waals surface area contributed by atoms with E-state index in [4.69, 9.17) is 4.42 Å². The molecule has 0 fully saturated rings. The highest BCUT2D eigenvalue weighted by Gasteiger charge is 2.00. The number of benzene rings is 1. The van der Waals surface area contributed by atoms with Crippen molar-refractivity contribution in [1.82, 2.24) is 4.98 Å². The number of oxazole rings is 1. The van der Waals surface area contributed by atoms with Crippen LogP contribution in [0.3, 0.4) is 0 Å². The van der Waals surface area contributed by atoms with Crippen LogP contribution in [0.4, 0.5) is 4.39 Å². The van der Waals surface area contributed by atoms with Crippen LogP contribution in [0.15, 0.2) is 47.0 Å². The third-order valence-corrected chi connectivity index (χ3v) is 1.96. The molecular formula is C12H10FNO. The van der Waals surface area contributed by atoms with Crippen LogP contribution in [-0.2, 0) is 0 Å². The third-order valence-electron chi connectivity index (χ3n) is 1.96. The van der Waals surface area contributed by atoms with Crippen molar-refractivity contribution in [2.24, 2.45) is 0 Å². The van der Waals surface area contributed by atoms with E-state index < -0.39 is 0 Å². The van der Waals surface area contributed by atoms with Crippen molar-refractivity contribution in [3.8, 4) is 11.5 Å². The molecule has 0 atom stereocenters. The Morgan fingerprint density at radius 1 is 1.33 bits per heavy atom. The lowest BCUT2D eigenvalue weighted by Gasteiger charge is -1.96. The summed E-state index contributed by atoms with van der Waals surface area (Å²) in [5, 5.41) is 0. The fourth-order valence-electron chi connectivity index (χ4n) is 1.32. The molecule has 0 radical (unpaired) electrons. The molecule has 0 aliphatic rings. The van der Waals surface area contributed by atoms with Crippen LogP contribution in [0.25, 0.3) is 17.5 Å².